The lowest BCUT2D eigenvalue weighted by atomic mass is 10.2. The number of rotatable bonds is 1. The highest BCUT2D eigenvalue weighted by atomic mass is 79.9. The van der Waals surface area contributed by atoms with Crippen LogP contribution in [0.5, 0.6) is 0 Å². The number of aryl methyl sites for hydroxylation is 1. The number of benzene rings is 1. The summed E-state index contributed by atoms with van der Waals surface area (Å²) in [6, 6.07) is 6.00. The van der Waals surface area contributed by atoms with Crippen molar-refractivity contribution in [3.8, 4) is 0 Å². The van der Waals surface area contributed by atoms with Gasteiger partial charge in [-0.3, -0.25) is 4.68 Å². The van der Waals surface area contributed by atoms with Crippen LogP contribution in [0.4, 0.5) is 0 Å². The number of hydrogen-bond donors (Lipinski definition) is 0. The van der Waals surface area contributed by atoms with E-state index < -0.39 is 0 Å². The maximum atomic E-state index is 5.83. The summed E-state index contributed by atoms with van der Waals surface area (Å²) in [7, 11) is 1.91. The van der Waals surface area contributed by atoms with Crippen LogP contribution in [-0.4, -0.2) is 9.78 Å². The van der Waals surface area contributed by atoms with E-state index in [0.29, 0.717) is 5.88 Å². The molecular weight excluding hydrogens is 251 g/mol. The number of nitrogens with zero attached hydrogens (tertiary/aromatic N) is 2. The molecule has 0 amide bonds. The van der Waals surface area contributed by atoms with Crippen LogP contribution in [0.2, 0.25) is 0 Å². The fourth-order valence-corrected chi connectivity index (χ4v) is 2.06. The minimum Gasteiger partial charge on any atom is -0.270 e. The molecule has 2 aromatic rings. The number of halogens is 2. The first kappa shape index (κ1) is 9.03. The van der Waals surface area contributed by atoms with Crippen LogP contribution < -0.4 is 0 Å². The van der Waals surface area contributed by atoms with E-state index in [1.165, 1.54) is 0 Å². The van der Waals surface area contributed by atoms with Crippen LogP contribution in [0.25, 0.3) is 10.9 Å². The first-order valence-corrected chi connectivity index (χ1v) is 5.22. The summed E-state index contributed by atoms with van der Waals surface area (Å²) >= 11 is 9.25. The van der Waals surface area contributed by atoms with Gasteiger partial charge in [0.25, 0.3) is 0 Å². The molecular formula is C9H8BrClN2. The lowest BCUT2D eigenvalue weighted by Gasteiger charge is -1.95. The van der Waals surface area contributed by atoms with Gasteiger partial charge in [0.15, 0.2) is 0 Å². The lowest BCUT2D eigenvalue weighted by molar-refractivity contribution is 0.746. The van der Waals surface area contributed by atoms with Gasteiger partial charge >= 0.3 is 0 Å². The fraction of sp³-hybridized carbons (Fsp3) is 0.222. The van der Waals surface area contributed by atoms with Crippen molar-refractivity contribution in [2.24, 2.45) is 7.05 Å². The Bertz CT molecular complexity index is 450. The topological polar surface area (TPSA) is 17.8 Å². The molecule has 0 saturated carbocycles. The molecule has 0 aliphatic carbocycles. The zero-order chi connectivity index (χ0) is 9.42. The smallest absolute Gasteiger partial charge is 0.0927 e. The van der Waals surface area contributed by atoms with Crippen LogP contribution in [0, 0.1) is 0 Å². The summed E-state index contributed by atoms with van der Waals surface area (Å²) in [5.41, 5.74) is 2.04. The molecule has 0 saturated heterocycles. The highest BCUT2D eigenvalue weighted by Gasteiger charge is 2.07. The average Bonchev–Trinajstić information content (AvgIpc) is 2.40. The largest absolute Gasteiger partial charge is 0.270 e. The van der Waals surface area contributed by atoms with Gasteiger partial charge in [0.1, 0.15) is 0 Å². The second-order valence-electron chi connectivity index (χ2n) is 2.87. The summed E-state index contributed by atoms with van der Waals surface area (Å²) in [6.45, 7) is 0. The van der Waals surface area contributed by atoms with Crippen LogP contribution in [-0.2, 0) is 12.9 Å². The molecule has 0 fully saturated rings. The van der Waals surface area contributed by atoms with E-state index in [1.807, 2.05) is 29.9 Å². The summed E-state index contributed by atoms with van der Waals surface area (Å²) in [5, 5.41) is 5.45. The molecule has 1 aromatic carbocycles. The summed E-state index contributed by atoms with van der Waals surface area (Å²) in [6.07, 6.45) is 0. The van der Waals surface area contributed by atoms with Crippen molar-refractivity contribution in [3.05, 3.63) is 28.4 Å². The molecule has 2 rings (SSSR count). The normalized spacial score (nSPS) is 11.0. The van der Waals surface area contributed by atoms with Crippen LogP contribution in [0.3, 0.4) is 0 Å². The van der Waals surface area contributed by atoms with Crippen molar-refractivity contribution in [2.75, 3.05) is 0 Å². The van der Waals surface area contributed by atoms with E-state index in [4.69, 9.17) is 11.6 Å². The van der Waals surface area contributed by atoms with E-state index in [0.717, 1.165) is 21.1 Å². The zero-order valence-corrected chi connectivity index (χ0v) is 9.43. The molecule has 0 radical (unpaired) electrons. The second kappa shape index (κ2) is 3.31. The molecule has 2 nitrogen and oxygen atoms in total. The molecule has 0 aliphatic rings. The molecule has 0 unspecified atom stereocenters. The van der Waals surface area contributed by atoms with Crippen molar-refractivity contribution in [1.82, 2.24) is 9.78 Å². The third-order valence-electron chi connectivity index (χ3n) is 2.04. The standard InChI is InChI=1S/C9H8BrClN2/c1-13-9(5-11)7-4-6(10)2-3-8(7)12-13/h2-4H,5H2,1H3. The van der Waals surface area contributed by atoms with Gasteiger partial charge in [-0.05, 0) is 18.2 Å². The van der Waals surface area contributed by atoms with E-state index in [1.54, 1.807) is 0 Å². The quantitative estimate of drug-likeness (QED) is 0.720. The summed E-state index contributed by atoms with van der Waals surface area (Å²) in [5.74, 6) is 0.490. The Kier molecular flexibility index (Phi) is 2.30. The summed E-state index contributed by atoms with van der Waals surface area (Å²) < 4.78 is 2.88. The van der Waals surface area contributed by atoms with Gasteiger partial charge in [-0.2, -0.15) is 5.10 Å². The predicted molar refractivity (Wildman–Crippen MR) is 58.0 cm³/mol. The Morgan fingerprint density at radius 1 is 1.54 bits per heavy atom. The highest BCUT2D eigenvalue weighted by Crippen LogP contribution is 2.23. The van der Waals surface area contributed by atoms with Gasteiger partial charge in [-0.25, -0.2) is 0 Å². The molecule has 0 N–H and O–H groups in total. The minimum absolute atomic E-state index is 0.490. The molecule has 0 spiro atoms. The molecule has 1 heterocycles. The molecule has 13 heavy (non-hydrogen) atoms. The molecule has 68 valence electrons. The fourth-order valence-electron chi connectivity index (χ4n) is 1.38. The maximum Gasteiger partial charge on any atom is 0.0927 e. The van der Waals surface area contributed by atoms with Crippen LogP contribution in [0.1, 0.15) is 5.69 Å². The second-order valence-corrected chi connectivity index (χ2v) is 4.05. The Labute approximate surface area is 89.6 Å². The highest BCUT2D eigenvalue weighted by molar-refractivity contribution is 9.10. The first-order valence-electron chi connectivity index (χ1n) is 3.89. The van der Waals surface area contributed by atoms with Gasteiger partial charge < -0.3 is 0 Å². The van der Waals surface area contributed by atoms with E-state index in [9.17, 15) is 0 Å². The SMILES string of the molecule is Cn1nc2ccc(Br)cc2c1CCl. The maximum absolute atomic E-state index is 5.83. The molecule has 4 heteroatoms. The number of aromatic nitrogens is 2. The molecule has 0 bridgehead atoms. The number of fused-ring (bicyclic) bond motifs is 1. The van der Waals surface area contributed by atoms with Crippen molar-refractivity contribution in [2.45, 2.75) is 5.88 Å². The van der Waals surface area contributed by atoms with Crippen molar-refractivity contribution >= 4 is 38.4 Å². The van der Waals surface area contributed by atoms with Gasteiger partial charge in [0, 0.05) is 16.9 Å². The third kappa shape index (κ3) is 1.46. The van der Waals surface area contributed by atoms with Gasteiger partial charge in [0.05, 0.1) is 17.1 Å². The monoisotopic (exact) mass is 258 g/mol. The van der Waals surface area contributed by atoms with E-state index >= 15 is 0 Å². The van der Waals surface area contributed by atoms with Gasteiger partial charge in [-0.1, -0.05) is 15.9 Å². The molecule has 0 aliphatic heterocycles. The van der Waals surface area contributed by atoms with E-state index in [2.05, 4.69) is 21.0 Å². The Morgan fingerprint density at radius 3 is 3.00 bits per heavy atom. The van der Waals surface area contributed by atoms with Crippen LogP contribution >= 0.6 is 27.5 Å². The average molecular weight is 260 g/mol. The Balaban J connectivity index is 2.80. The van der Waals surface area contributed by atoms with Crippen LogP contribution in [0.15, 0.2) is 22.7 Å². The minimum atomic E-state index is 0.490. The van der Waals surface area contributed by atoms with Crippen molar-refractivity contribution in [3.63, 3.8) is 0 Å². The van der Waals surface area contributed by atoms with Crippen molar-refractivity contribution in [1.29, 1.82) is 0 Å². The van der Waals surface area contributed by atoms with Crippen molar-refractivity contribution < 1.29 is 0 Å². The van der Waals surface area contributed by atoms with Gasteiger partial charge in [0.2, 0.25) is 0 Å². The number of alkyl halides is 1. The number of hydrogen-bond acceptors (Lipinski definition) is 1. The molecule has 0 atom stereocenters. The third-order valence-corrected chi connectivity index (χ3v) is 2.79. The Hall–Kier alpha value is -0.540. The van der Waals surface area contributed by atoms with Gasteiger partial charge in [-0.15, -0.1) is 11.6 Å². The zero-order valence-electron chi connectivity index (χ0n) is 7.09. The predicted octanol–water partition coefficient (Wildman–Crippen LogP) is 3.07. The Morgan fingerprint density at radius 2 is 2.31 bits per heavy atom. The first-order chi connectivity index (χ1) is 6.22. The van der Waals surface area contributed by atoms with E-state index in [-0.39, 0.29) is 0 Å². The summed E-state index contributed by atoms with van der Waals surface area (Å²) in [4.78, 5) is 0. The molecule has 1 aromatic heterocycles. The lowest BCUT2D eigenvalue weighted by Crippen LogP contribution is -1.94.